The van der Waals surface area contributed by atoms with Gasteiger partial charge in [0.2, 0.25) is 0 Å². The van der Waals surface area contributed by atoms with Gasteiger partial charge in [0.25, 0.3) is 6.47 Å². The standard InChI is InChI=1S/C14H16INO2.C7H4FIO2.C7H13N.CH2O3.ClH.2K.H/c15-10-1-2-11(13(17)18)12(9-10)16-7-5-14(3-4-14)6-8-16;8-6-3-4(9)1-2-5(6)7(10)11;1-2-7(1)3-5-8-6-4-7;2-1-4-3;;;;/h1-2,9H,3-8H2,(H,17,18);1-3H,(H,10,11);8H,1-6H2;1,3H;1H;;;/q;;;;;2*+1;-1/p-1. The number of carboxylic acid groups (broad SMARTS) is 2. The Hall–Kier alpha value is 1.52. The fourth-order valence-corrected chi connectivity index (χ4v) is 6.07. The summed E-state index contributed by atoms with van der Waals surface area (Å²) >= 11 is 4.15. The molecule has 4 aliphatic rings. The van der Waals surface area contributed by atoms with Gasteiger partial charge < -0.3 is 32.0 Å². The van der Waals surface area contributed by atoms with E-state index < -0.39 is 17.8 Å². The van der Waals surface area contributed by atoms with Gasteiger partial charge >= 0.3 is 115 Å². The summed E-state index contributed by atoms with van der Waals surface area (Å²) in [6.07, 6.45) is 11.1. The molecule has 2 saturated heterocycles. The number of nitrogens with one attached hydrogen (secondary N) is 1. The van der Waals surface area contributed by atoms with E-state index in [1.54, 1.807) is 12.1 Å². The molecule has 0 atom stereocenters. The van der Waals surface area contributed by atoms with Gasteiger partial charge in [0, 0.05) is 20.2 Å². The number of carbonyl (C=O) groups excluding carboxylic acids is 1. The van der Waals surface area contributed by atoms with E-state index in [1.807, 2.05) is 34.7 Å². The number of piperidine rings is 2. The first-order valence-electron chi connectivity index (χ1n) is 13.4. The van der Waals surface area contributed by atoms with Crippen molar-refractivity contribution in [2.45, 2.75) is 51.4 Å². The molecule has 2 aliphatic carbocycles. The molecule has 2 heterocycles. The number of halogens is 4. The Morgan fingerprint density at radius 3 is 1.68 bits per heavy atom. The maximum Gasteiger partial charge on any atom is 1.00 e. The van der Waals surface area contributed by atoms with Crippen molar-refractivity contribution in [1.29, 1.82) is 0 Å². The van der Waals surface area contributed by atoms with Crippen LogP contribution >= 0.6 is 57.6 Å². The van der Waals surface area contributed by atoms with Crippen LogP contribution in [0.5, 0.6) is 0 Å². The zero-order valence-corrected chi connectivity index (χ0v) is 36.3. The van der Waals surface area contributed by atoms with Gasteiger partial charge in [0.15, 0.2) is 0 Å². The SMILES string of the molecule is C1CC2(CCN1)CC2.Cl.O=C(O)c1ccc(I)cc1F.O=C(O)c1ccc(I)cc1N1CCC2(CC1)CC2.O=CO[O-].[H-].[K+].[K+]. The van der Waals surface area contributed by atoms with Crippen molar-refractivity contribution in [2.24, 2.45) is 10.8 Å². The molecule has 3 N–H and O–H groups in total. The van der Waals surface area contributed by atoms with E-state index in [0.717, 1.165) is 27.8 Å². The summed E-state index contributed by atoms with van der Waals surface area (Å²) < 4.78 is 14.5. The van der Waals surface area contributed by atoms with Crippen LogP contribution in [0, 0.1) is 23.8 Å². The Labute approximate surface area is 377 Å². The van der Waals surface area contributed by atoms with E-state index >= 15 is 0 Å². The first-order chi connectivity index (χ1) is 19.5. The minimum atomic E-state index is -1.24. The van der Waals surface area contributed by atoms with Crippen LogP contribution in [0.4, 0.5) is 10.1 Å². The molecule has 0 amide bonds. The first kappa shape index (κ1) is 45.5. The maximum absolute atomic E-state index is 12.7. The molecule has 6 rings (SSSR count). The molecular formula is C29H36ClFI2K2N2O7. The van der Waals surface area contributed by atoms with E-state index in [4.69, 9.17) is 15.2 Å². The average molecular weight is 911 g/mol. The number of rotatable bonds is 4. The fraction of sp³-hybridized carbons (Fsp3) is 0.483. The van der Waals surface area contributed by atoms with Crippen LogP contribution < -0.4 is 118 Å². The smallest absolute Gasteiger partial charge is 1.00 e. The van der Waals surface area contributed by atoms with Crippen LogP contribution in [0.2, 0.25) is 0 Å². The summed E-state index contributed by atoms with van der Waals surface area (Å²) in [6.45, 7) is 4.38. The Balaban J connectivity index is 0. The predicted molar refractivity (Wildman–Crippen MR) is 175 cm³/mol. The third-order valence-corrected chi connectivity index (χ3v) is 9.48. The number of hydrogen-bond acceptors (Lipinski definition) is 7. The Bertz CT molecular complexity index is 1230. The number of carboxylic acids is 2. The van der Waals surface area contributed by atoms with E-state index in [9.17, 15) is 19.1 Å². The molecule has 2 spiro atoms. The quantitative estimate of drug-likeness (QED) is 0.123. The Kier molecular flexibility index (Phi) is 23.1. The van der Waals surface area contributed by atoms with Gasteiger partial charge in [0.05, 0.1) is 16.8 Å². The van der Waals surface area contributed by atoms with E-state index in [2.05, 4.69) is 37.7 Å². The topological polar surface area (TPSA) is 139 Å². The second kappa shape index (κ2) is 22.3. The van der Waals surface area contributed by atoms with Gasteiger partial charge in [-0.15, -0.1) is 12.4 Å². The third kappa shape index (κ3) is 15.0. The maximum atomic E-state index is 12.7. The monoisotopic (exact) mass is 910 g/mol. The van der Waals surface area contributed by atoms with Crippen molar-refractivity contribution < 1.29 is 143 Å². The van der Waals surface area contributed by atoms with Crippen molar-refractivity contribution in [1.82, 2.24) is 5.32 Å². The van der Waals surface area contributed by atoms with Gasteiger partial charge in [-0.1, -0.05) is 0 Å². The molecule has 2 aromatic carbocycles. The molecule has 234 valence electrons. The molecule has 44 heavy (non-hydrogen) atoms. The summed E-state index contributed by atoms with van der Waals surface area (Å²) in [5.74, 6) is -2.75. The van der Waals surface area contributed by atoms with Gasteiger partial charge in [-0.25, -0.2) is 14.0 Å². The van der Waals surface area contributed by atoms with E-state index in [1.165, 1.54) is 76.6 Å². The molecule has 9 nitrogen and oxygen atoms in total. The van der Waals surface area contributed by atoms with Gasteiger partial charge in [-0.2, -0.15) is 0 Å². The third-order valence-electron chi connectivity index (χ3n) is 8.13. The molecule has 0 unspecified atom stereocenters. The summed E-state index contributed by atoms with van der Waals surface area (Å²) in [6, 6.07) is 9.56. The van der Waals surface area contributed by atoms with Gasteiger partial charge in [-0.3, -0.25) is 4.79 Å². The Morgan fingerprint density at radius 2 is 1.30 bits per heavy atom. The second-order valence-corrected chi connectivity index (χ2v) is 13.3. The molecule has 4 fully saturated rings. The summed E-state index contributed by atoms with van der Waals surface area (Å²) in [4.78, 5) is 35.1. The second-order valence-electron chi connectivity index (χ2n) is 10.8. The molecule has 0 bridgehead atoms. The average Bonchev–Trinajstić information content (AvgIpc) is 3.89. The summed E-state index contributed by atoms with van der Waals surface area (Å²) in [7, 11) is 0. The van der Waals surface area contributed by atoms with Crippen molar-refractivity contribution in [3.05, 3.63) is 60.5 Å². The first-order valence-corrected chi connectivity index (χ1v) is 15.6. The van der Waals surface area contributed by atoms with Crippen LogP contribution in [-0.4, -0.2) is 54.8 Å². The number of hydrogen-bond donors (Lipinski definition) is 3. The minimum absolute atomic E-state index is 0. The van der Waals surface area contributed by atoms with Crippen LogP contribution in [0.25, 0.3) is 0 Å². The van der Waals surface area contributed by atoms with Crippen molar-refractivity contribution in [2.75, 3.05) is 31.1 Å². The molecular weight excluding hydrogens is 875 g/mol. The molecule has 2 aromatic rings. The van der Waals surface area contributed by atoms with Crippen LogP contribution in [0.15, 0.2) is 36.4 Å². The van der Waals surface area contributed by atoms with E-state index in [-0.39, 0.29) is 129 Å². The summed E-state index contributed by atoms with van der Waals surface area (Å²) in [5, 5.41) is 29.5. The van der Waals surface area contributed by atoms with E-state index in [0.29, 0.717) is 14.5 Å². The largest absolute Gasteiger partial charge is 1.00 e. The molecule has 2 saturated carbocycles. The molecule has 0 radical (unpaired) electrons. The predicted octanol–water partition coefficient (Wildman–Crippen LogP) is -0.375. The van der Waals surface area contributed by atoms with Gasteiger partial charge in [-0.05, 0) is 157 Å². The van der Waals surface area contributed by atoms with Crippen LogP contribution in [-0.2, 0) is 9.68 Å². The number of aromatic carboxylic acids is 2. The number of benzene rings is 2. The van der Waals surface area contributed by atoms with Crippen LogP contribution in [0.1, 0.15) is 73.5 Å². The zero-order chi connectivity index (χ0) is 30.0. The van der Waals surface area contributed by atoms with Gasteiger partial charge in [0.1, 0.15) is 5.82 Å². The van der Waals surface area contributed by atoms with Crippen molar-refractivity contribution >= 4 is 81.7 Å². The molecule has 15 heteroatoms. The van der Waals surface area contributed by atoms with Crippen molar-refractivity contribution in [3.8, 4) is 0 Å². The number of anilines is 1. The zero-order valence-electron chi connectivity index (χ0n) is 26.0. The van der Waals surface area contributed by atoms with Crippen molar-refractivity contribution in [3.63, 3.8) is 0 Å². The number of nitrogens with zero attached hydrogens (tertiary/aromatic N) is 1. The Morgan fingerprint density at radius 1 is 0.864 bits per heavy atom. The summed E-state index contributed by atoms with van der Waals surface area (Å²) in [5.41, 5.74) is 2.53. The number of carbonyl (C=O) groups is 3. The normalized spacial score (nSPS) is 17.5. The minimum Gasteiger partial charge on any atom is -1.00 e. The fourth-order valence-electron chi connectivity index (χ4n) is 5.14. The van der Waals surface area contributed by atoms with Crippen LogP contribution in [0.3, 0.4) is 0 Å². The molecule has 0 aromatic heterocycles. The molecule has 2 aliphatic heterocycles.